The quantitative estimate of drug-likeness (QED) is 0.325. The molecular formula is C23H20IrN3-. The van der Waals surface area contributed by atoms with Gasteiger partial charge in [0.2, 0.25) is 0 Å². The van der Waals surface area contributed by atoms with Gasteiger partial charge in [0.1, 0.15) is 5.82 Å². The van der Waals surface area contributed by atoms with Crippen molar-refractivity contribution in [3.05, 3.63) is 90.8 Å². The Kier molecular flexibility index (Phi) is 6.00. The van der Waals surface area contributed by atoms with Crippen LogP contribution in [0.3, 0.4) is 0 Å². The van der Waals surface area contributed by atoms with E-state index in [1.807, 2.05) is 30.3 Å². The number of nitrogens with zero attached hydrogens (tertiary/aromatic N) is 3. The maximum absolute atomic E-state index is 4.47. The minimum Gasteiger partial charge on any atom is -0.320 e. The van der Waals surface area contributed by atoms with Crippen molar-refractivity contribution in [3.63, 3.8) is 0 Å². The third-order valence-electron chi connectivity index (χ3n) is 4.37. The second-order valence-electron chi connectivity index (χ2n) is 6.56. The molecule has 0 saturated heterocycles. The molecule has 0 atom stereocenters. The zero-order valence-corrected chi connectivity index (χ0v) is 17.7. The van der Waals surface area contributed by atoms with Gasteiger partial charge in [-0.2, -0.15) is 5.10 Å². The Balaban J connectivity index is 0.00000210. The molecule has 0 amide bonds. The van der Waals surface area contributed by atoms with E-state index >= 15 is 0 Å². The van der Waals surface area contributed by atoms with Crippen molar-refractivity contribution < 1.29 is 20.1 Å². The van der Waals surface area contributed by atoms with Crippen LogP contribution in [0.2, 0.25) is 0 Å². The van der Waals surface area contributed by atoms with Gasteiger partial charge in [-0.25, -0.2) is 0 Å². The van der Waals surface area contributed by atoms with Crippen molar-refractivity contribution in [2.75, 3.05) is 0 Å². The molecule has 1 heterocycles. The summed E-state index contributed by atoms with van der Waals surface area (Å²) in [4.78, 5) is 0. The van der Waals surface area contributed by atoms with Crippen LogP contribution in [0.4, 0.5) is 0 Å². The maximum atomic E-state index is 4.47. The van der Waals surface area contributed by atoms with E-state index in [4.69, 9.17) is 0 Å². The summed E-state index contributed by atoms with van der Waals surface area (Å²) in [6.07, 6.45) is 0. The maximum Gasteiger partial charge on any atom is 0.131 e. The molecule has 0 bridgehead atoms. The Labute approximate surface area is 173 Å². The Hall–Kier alpha value is -2.55. The summed E-state index contributed by atoms with van der Waals surface area (Å²) in [5.74, 6) is 2.03. The van der Waals surface area contributed by atoms with Gasteiger partial charge < -0.3 is 4.57 Å². The normalized spacial score (nSPS) is 10.6. The molecule has 1 aromatic heterocycles. The fourth-order valence-corrected chi connectivity index (χ4v) is 3.09. The van der Waals surface area contributed by atoms with Gasteiger partial charge in [0.25, 0.3) is 0 Å². The van der Waals surface area contributed by atoms with Crippen molar-refractivity contribution in [2.24, 2.45) is 0 Å². The molecule has 0 unspecified atom stereocenters. The van der Waals surface area contributed by atoms with Gasteiger partial charge >= 0.3 is 0 Å². The van der Waals surface area contributed by atoms with Crippen LogP contribution in [0.1, 0.15) is 25.6 Å². The molecule has 0 aliphatic carbocycles. The van der Waals surface area contributed by atoms with Crippen molar-refractivity contribution in [1.29, 1.82) is 0 Å². The summed E-state index contributed by atoms with van der Waals surface area (Å²) in [5.41, 5.74) is 4.38. The van der Waals surface area contributed by atoms with Crippen LogP contribution in [-0.2, 0) is 20.1 Å². The zero-order chi connectivity index (χ0) is 17.9. The zero-order valence-electron chi connectivity index (χ0n) is 15.3. The molecule has 0 saturated carbocycles. The van der Waals surface area contributed by atoms with E-state index in [0.29, 0.717) is 0 Å². The van der Waals surface area contributed by atoms with Crippen molar-refractivity contribution >= 4 is 0 Å². The van der Waals surface area contributed by atoms with Crippen LogP contribution in [0.25, 0.3) is 28.2 Å². The molecule has 0 aliphatic heterocycles. The summed E-state index contributed by atoms with van der Waals surface area (Å²) in [6, 6.07) is 30.1. The molecule has 4 heteroatoms. The first-order valence-corrected chi connectivity index (χ1v) is 8.82. The second kappa shape index (κ2) is 8.43. The monoisotopic (exact) mass is 531 g/mol. The summed E-state index contributed by atoms with van der Waals surface area (Å²) >= 11 is 0. The molecule has 0 fully saturated rings. The van der Waals surface area contributed by atoms with Gasteiger partial charge in [-0.1, -0.05) is 56.3 Å². The van der Waals surface area contributed by atoms with E-state index in [1.165, 1.54) is 11.1 Å². The largest absolute Gasteiger partial charge is 0.320 e. The van der Waals surface area contributed by atoms with E-state index in [1.54, 1.807) is 0 Å². The van der Waals surface area contributed by atoms with Crippen LogP contribution >= 0.6 is 0 Å². The van der Waals surface area contributed by atoms with E-state index in [-0.39, 0.29) is 26.0 Å². The topological polar surface area (TPSA) is 30.7 Å². The second-order valence-corrected chi connectivity index (χ2v) is 6.56. The number of rotatable bonds is 4. The van der Waals surface area contributed by atoms with Crippen molar-refractivity contribution in [1.82, 2.24) is 14.8 Å². The molecule has 3 aromatic carbocycles. The Morgan fingerprint density at radius 2 is 1.56 bits per heavy atom. The summed E-state index contributed by atoms with van der Waals surface area (Å²) in [6.45, 7) is 4.28. The Bertz CT molecular complexity index is 1010. The minimum absolute atomic E-state index is 0. The first-order valence-electron chi connectivity index (χ1n) is 8.82. The Morgan fingerprint density at radius 1 is 0.815 bits per heavy atom. The van der Waals surface area contributed by atoms with Crippen LogP contribution in [-0.4, -0.2) is 14.8 Å². The molecule has 1 radical (unpaired) electrons. The smallest absolute Gasteiger partial charge is 0.131 e. The van der Waals surface area contributed by atoms with Crippen LogP contribution in [0.5, 0.6) is 0 Å². The average molecular weight is 531 g/mol. The molecule has 0 aliphatic rings. The molecule has 0 spiro atoms. The van der Waals surface area contributed by atoms with Crippen LogP contribution in [0, 0.1) is 6.07 Å². The van der Waals surface area contributed by atoms with E-state index in [9.17, 15) is 0 Å². The van der Waals surface area contributed by atoms with Gasteiger partial charge in [0.15, 0.2) is 0 Å². The third-order valence-corrected chi connectivity index (χ3v) is 4.37. The molecule has 137 valence electrons. The molecule has 0 N–H and O–H groups in total. The first-order chi connectivity index (χ1) is 12.7. The van der Waals surface area contributed by atoms with E-state index in [0.717, 1.165) is 22.9 Å². The van der Waals surface area contributed by atoms with Gasteiger partial charge in [0, 0.05) is 31.7 Å². The molecule has 4 rings (SSSR count). The summed E-state index contributed by atoms with van der Waals surface area (Å²) < 4.78 is 2.14. The molecular weight excluding hydrogens is 510 g/mol. The van der Waals surface area contributed by atoms with Crippen molar-refractivity contribution in [2.45, 2.75) is 19.8 Å². The fourth-order valence-electron chi connectivity index (χ4n) is 3.09. The van der Waals surface area contributed by atoms with Crippen LogP contribution in [0.15, 0.2) is 78.9 Å². The van der Waals surface area contributed by atoms with Gasteiger partial charge in [-0.05, 0) is 23.3 Å². The standard InChI is InChI=1S/C23H20N3.Ir/c1-17(2)22-24-25-23(19-12-7-4-8-13-19)26(22)21-15-9-14-20(16-21)18-10-5-3-6-11-18;/h3-12,14-17H,1-2H3;/q-1;. The molecule has 27 heavy (non-hydrogen) atoms. The predicted molar refractivity (Wildman–Crippen MR) is 105 cm³/mol. The van der Waals surface area contributed by atoms with Gasteiger partial charge in [-0.15, -0.1) is 41.0 Å². The number of benzene rings is 3. The first kappa shape index (κ1) is 19.2. The van der Waals surface area contributed by atoms with Crippen LogP contribution < -0.4 is 0 Å². The van der Waals surface area contributed by atoms with Crippen molar-refractivity contribution in [3.8, 4) is 28.2 Å². The minimum atomic E-state index is 0. The number of hydrogen-bond donors (Lipinski definition) is 0. The predicted octanol–water partition coefficient (Wildman–Crippen LogP) is 5.52. The summed E-state index contributed by atoms with van der Waals surface area (Å²) in [5, 5.41) is 8.93. The van der Waals surface area contributed by atoms with E-state index < -0.39 is 0 Å². The number of aromatic nitrogens is 3. The fraction of sp³-hybridized carbons (Fsp3) is 0.130. The average Bonchev–Trinajstić information content (AvgIpc) is 3.15. The van der Waals surface area contributed by atoms with Gasteiger partial charge in [0.05, 0.1) is 5.82 Å². The third kappa shape index (κ3) is 3.92. The van der Waals surface area contributed by atoms with Gasteiger partial charge in [-0.3, -0.25) is 0 Å². The molecule has 3 nitrogen and oxygen atoms in total. The van der Waals surface area contributed by atoms with E-state index in [2.05, 4.69) is 83.2 Å². The summed E-state index contributed by atoms with van der Waals surface area (Å²) in [7, 11) is 0. The Morgan fingerprint density at radius 3 is 2.26 bits per heavy atom. The molecule has 4 aromatic rings. The SMILES string of the molecule is CC(C)c1nnc(-c2[c-]cccc2)n1-c1cccc(-c2ccccc2)c1.[Ir]. The number of hydrogen-bond acceptors (Lipinski definition) is 2.